The van der Waals surface area contributed by atoms with Gasteiger partial charge in [-0.1, -0.05) is 20.8 Å². The second-order valence-corrected chi connectivity index (χ2v) is 4.24. The van der Waals surface area contributed by atoms with Crippen LogP contribution < -0.4 is 0 Å². The van der Waals surface area contributed by atoms with Crippen LogP contribution in [0.5, 0.6) is 0 Å². The highest BCUT2D eigenvalue weighted by Gasteiger charge is 2.39. The van der Waals surface area contributed by atoms with Crippen molar-refractivity contribution in [2.45, 2.75) is 45.7 Å². The zero-order valence-electron chi connectivity index (χ0n) is 10.6. The largest absolute Gasteiger partial charge is 0.480 e. The molecule has 0 spiro atoms. The lowest BCUT2D eigenvalue weighted by molar-refractivity contribution is -0.144. The first-order valence-corrected chi connectivity index (χ1v) is 6.43. The van der Waals surface area contributed by atoms with Crippen LogP contribution in [0.15, 0.2) is 0 Å². The van der Waals surface area contributed by atoms with Gasteiger partial charge in [-0.15, -0.1) is 0 Å². The number of nitrogens with zero attached hydrogens (tertiary/aromatic N) is 2. The Kier molecular flexibility index (Phi) is 5.22. The van der Waals surface area contributed by atoms with Gasteiger partial charge in [0.2, 0.25) is 0 Å². The highest BCUT2D eigenvalue weighted by Crippen LogP contribution is 2.25. The van der Waals surface area contributed by atoms with Gasteiger partial charge in [0.25, 0.3) is 0 Å². The Balaban J connectivity index is 0.000000606. The van der Waals surface area contributed by atoms with Gasteiger partial charge >= 0.3 is 5.97 Å². The molecule has 0 aliphatic carbocycles. The van der Waals surface area contributed by atoms with Crippen LogP contribution >= 0.6 is 0 Å². The maximum Gasteiger partial charge on any atom is 0.320 e. The lowest BCUT2D eigenvalue weighted by Gasteiger charge is -2.45. The van der Waals surface area contributed by atoms with Gasteiger partial charge in [0, 0.05) is 19.1 Å². The molecule has 0 amide bonds. The summed E-state index contributed by atoms with van der Waals surface area (Å²) in [5.41, 5.74) is 0. The minimum absolute atomic E-state index is 0.209. The molecule has 2 rings (SSSR count). The standard InChI is InChI=1S/C10H18N2O2.C2H6/c1-2-11-6-8(7-11)12-5-3-4-9(12)10(13)14;1-2/h8-9H,2-7H2,1H3,(H,13,14);1-2H3. The van der Waals surface area contributed by atoms with Gasteiger partial charge in [-0.05, 0) is 25.9 Å². The van der Waals surface area contributed by atoms with Crippen molar-refractivity contribution >= 4 is 5.97 Å². The van der Waals surface area contributed by atoms with E-state index < -0.39 is 5.97 Å². The van der Waals surface area contributed by atoms with E-state index in [0.29, 0.717) is 6.04 Å². The van der Waals surface area contributed by atoms with E-state index in [4.69, 9.17) is 5.11 Å². The molecule has 0 radical (unpaired) electrons. The molecule has 1 unspecified atom stereocenters. The number of carbonyl (C=O) groups is 1. The number of hydrogen-bond donors (Lipinski definition) is 1. The lowest BCUT2D eigenvalue weighted by Crippen LogP contribution is -2.61. The number of carboxylic acid groups (broad SMARTS) is 1. The zero-order valence-corrected chi connectivity index (χ0v) is 10.6. The summed E-state index contributed by atoms with van der Waals surface area (Å²) in [6.45, 7) is 10.3. The Bertz CT molecular complexity index is 227. The highest BCUT2D eigenvalue weighted by atomic mass is 16.4. The van der Waals surface area contributed by atoms with E-state index >= 15 is 0 Å². The Labute approximate surface area is 98.2 Å². The fourth-order valence-corrected chi connectivity index (χ4v) is 2.50. The van der Waals surface area contributed by atoms with E-state index in [1.54, 1.807) is 0 Å². The van der Waals surface area contributed by atoms with Gasteiger partial charge in [0.05, 0.1) is 0 Å². The summed E-state index contributed by atoms with van der Waals surface area (Å²) in [4.78, 5) is 15.5. The summed E-state index contributed by atoms with van der Waals surface area (Å²) in [5.74, 6) is -0.641. The molecular weight excluding hydrogens is 204 g/mol. The molecule has 0 aromatic rings. The number of hydrogen-bond acceptors (Lipinski definition) is 3. The maximum atomic E-state index is 11.0. The molecule has 0 saturated carbocycles. The van der Waals surface area contributed by atoms with Crippen molar-refractivity contribution in [1.82, 2.24) is 9.80 Å². The molecule has 2 aliphatic heterocycles. The number of likely N-dealkylation sites (N-methyl/N-ethyl adjacent to an activating group) is 1. The fourth-order valence-electron chi connectivity index (χ4n) is 2.50. The molecule has 16 heavy (non-hydrogen) atoms. The van der Waals surface area contributed by atoms with Crippen molar-refractivity contribution in [3.63, 3.8) is 0 Å². The summed E-state index contributed by atoms with van der Waals surface area (Å²) >= 11 is 0. The molecule has 2 saturated heterocycles. The Morgan fingerprint density at radius 1 is 1.38 bits per heavy atom. The predicted octanol–water partition coefficient (Wildman–Crippen LogP) is 1.27. The van der Waals surface area contributed by atoms with Gasteiger partial charge in [-0.25, -0.2) is 0 Å². The number of rotatable bonds is 3. The van der Waals surface area contributed by atoms with E-state index in [1.807, 2.05) is 13.8 Å². The van der Waals surface area contributed by atoms with Crippen LogP contribution in [0.1, 0.15) is 33.6 Å². The minimum atomic E-state index is -0.641. The van der Waals surface area contributed by atoms with Crippen molar-refractivity contribution in [3.8, 4) is 0 Å². The van der Waals surface area contributed by atoms with Crippen molar-refractivity contribution in [2.24, 2.45) is 0 Å². The van der Waals surface area contributed by atoms with Gasteiger partial charge in [0.1, 0.15) is 6.04 Å². The summed E-state index contributed by atoms with van der Waals surface area (Å²) in [6.07, 6.45) is 1.87. The van der Waals surface area contributed by atoms with Gasteiger partial charge < -0.3 is 10.0 Å². The van der Waals surface area contributed by atoms with E-state index in [1.165, 1.54) is 0 Å². The number of aliphatic carboxylic acids is 1. The predicted molar refractivity (Wildman–Crippen MR) is 64.6 cm³/mol. The molecule has 4 nitrogen and oxygen atoms in total. The maximum absolute atomic E-state index is 11.0. The Morgan fingerprint density at radius 2 is 2.00 bits per heavy atom. The highest BCUT2D eigenvalue weighted by molar-refractivity contribution is 5.73. The van der Waals surface area contributed by atoms with Crippen molar-refractivity contribution < 1.29 is 9.90 Å². The van der Waals surface area contributed by atoms with Gasteiger partial charge in [0.15, 0.2) is 0 Å². The summed E-state index contributed by atoms with van der Waals surface area (Å²) in [7, 11) is 0. The van der Waals surface area contributed by atoms with Crippen LogP contribution in [-0.2, 0) is 4.79 Å². The van der Waals surface area contributed by atoms with Crippen molar-refractivity contribution in [2.75, 3.05) is 26.2 Å². The third kappa shape index (κ3) is 2.74. The van der Waals surface area contributed by atoms with Gasteiger partial charge in [-0.3, -0.25) is 9.69 Å². The van der Waals surface area contributed by atoms with Crippen LogP contribution in [0.25, 0.3) is 0 Å². The Hall–Kier alpha value is -0.610. The van der Waals surface area contributed by atoms with Crippen LogP contribution in [0, 0.1) is 0 Å². The summed E-state index contributed by atoms with van der Waals surface area (Å²) < 4.78 is 0. The van der Waals surface area contributed by atoms with E-state index in [9.17, 15) is 4.79 Å². The van der Waals surface area contributed by atoms with Crippen LogP contribution in [-0.4, -0.2) is 59.1 Å². The van der Waals surface area contributed by atoms with Gasteiger partial charge in [-0.2, -0.15) is 0 Å². The summed E-state index contributed by atoms with van der Waals surface area (Å²) in [6, 6.07) is 0.289. The minimum Gasteiger partial charge on any atom is -0.480 e. The molecule has 4 heteroatoms. The average molecular weight is 228 g/mol. The second kappa shape index (κ2) is 6.21. The number of carboxylic acids is 1. The normalized spacial score (nSPS) is 27.1. The first-order valence-electron chi connectivity index (χ1n) is 6.43. The molecule has 1 atom stereocenters. The van der Waals surface area contributed by atoms with Crippen LogP contribution in [0.3, 0.4) is 0 Å². The molecule has 0 aromatic heterocycles. The average Bonchev–Trinajstić information content (AvgIpc) is 2.68. The quantitative estimate of drug-likeness (QED) is 0.790. The second-order valence-electron chi connectivity index (χ2n) is 4.24. The molecule has 2 fully saturated rings. The zero-order chi connectivity index (χ0) is 12.1. The monoisotopic (exact) mass is 228 g/mol. The van der Waals surface area contributed by atoms with Crippen molar-refractivity contribution in [1.29, 1.82) is 0 Å². The molecule has 1 N–H and O–H groups in total. The SMILES string of the molecule is CC.CCN1CC(N2CCCC2C(=O)O)C1. The van der Waals surface area contributed by atoms with Crippen LogP contribution in [0.2, 0.25) is 0 Å². The number of likely N-dealkylation sites (tertiary alicyclic amines) is 2. The fraction of sp³-hybridized carbons (Fsp3) is 0.917. The third-order valence-electron chi connectivity index (χ3n) is 3.43. The third-order valence-corrected chi connectivity index (χ3v) is 3.43. The first-order chi connectivity index (χ1) is 7.72. The topological polar surface area (TPSA) is 43.8 Å². The molecule has 0 aromatic carbocycles. The van der Waals surface area contributed by atoms with Crippen molar-refractivity contribution in [3.05, 3.63) is 0 Å². The molecule has 0 bridgehead atoms. The molecule has 2 aliphatic rings. The van der Waals surface area contributed by atoms with E-state index in [0.717, 1.165) is 39.0 Å². The Morgan fingerprint density at radius 3 is 2.50 bits per heavy atom. The van der Waals surface area contributed by atoms with Crippen LogP contribution in [0.4, 0.5) is 0 Å². The molecule has 2 heterocycles. The smallest absolute Gasteiger partial charge is 0.320 e. The lowest BCUT2D eigenvalue weighted by atomic mass is 10.1. The molecule has 94 valence electrons. The first kappa shape index (κ1) is 13.5. The van der Waals surface area contributed by atoms with E-state index in [2.05, 4.69) is 16.7 Å². The van der Waals surface area contributed by atoms with E-state index in [-0.39, 0.29) is 6.04 Å². The molecular formula is C12H24N2O2. The summed E-state index contributed by atoms with van der Waals surface area (Å²) in [5, 5.41) is 9.02.